The minimum Gasteiger partial charge on any atom is -0.507 e. The lowest BCUT2D eigenvalue weighted by Crippen LogP contribution is -2.51. The molecule has 0 aliphatic carbocycles. The molecule has 5 heteroatoms. The summed E-state index contributed by atoms with van der Waals surface area (Å²) in [7, 11) is 0. The summed E-state index contributed by atoms with van der Waals surface area (Å²) in [6.45, 7) is 5.21. The number of nitrogens with zero attached hydrogens (tertiary/aromatic N) is 1. The monoisotopic (exact) mass is 375 g/mol. The Morgan fingerprint density at radius 2 is 2.32 bits per heavy atom. The van der Waals surface area contributed by atoms with Crippen molar-refractivity contribution in [1.29, 1.82) is 0 Å². The highest BCUT2D eigenvalue weighted by Crippen LogP contribution is 2.23. The van der Waals surface area contributed by atoms with Crippen LogP contribution in [-0.2, 0) is 4.74 Å². The lowest BCUT2D eigenvalue weighted by molar-refractivity contribution is -0.0444. The Hall–Kier alpha value is -0.820. The Bertz CT molecular complexity index is 478. The van der Waals surface area contributed by atoms with Crippen LogP contribution in [0, 0.1) is 3.57 Å². The summed E-state index contributed by atoms with van der Waals surface area (Å²) in [5.41, 5.74) is 0.533. The highest BCUT2D eigenvalue weighted by atomic mass is 127. The Labute approximate surface area is 126 Å². The molecule has 2 atom stereocenters. The Morgan fingerprint density at radius 3 is 2.95 bits per heavy atom. The van der Waals surface area contributed by atoms with Crippen LogP contribution in [0.15, 0.2) is 18.2 Å². The van der Waals surface area contributed by atoms with Gasteiger partial charge in [-0.2, -0.15) is 0 Å². The molecule has 2 rings (SSSR count). The maximum absolute atomic E-state index is 12.5. The summed E-state index contributed by atoms with van der Waals surface area (Å²) < 4.78 is 6.34. The molecule has 1 aromatic rings. The number of halogens is 1. The number of carbonyl (C=O) groups excluding carboxylic acids is 1. The molecule has 0 saturated carbocycles. The lowest BCUT2D eigenvalue weighted by atomic mass is 10.1. The van der Waals surface area contributed by atoms with Crippen molar-refractivity contribution in [2.24, 2.45) is 0 Å². The molecular weight excluding hydrogens is 357 g/mol. The number of carbonyl (C=O) groups is 1. The molecule has 0 spiro atoms. The van der Waals surface area contributed by atoms with E-state index in [0.717, 1.165) is 9.99 Å². The number of ether oxygens (including phenoxy) is 1. The first-order valence-electron chi connectivity index (χ1n) is 6.44. The predicted octanol–water partition coefficient (Wildman–Crippen LogP) is 2.64. The van der Waals surface area contributed by atoms with Gasteiger partial charge >= 0.3 is 0 Å². The molecule has 1 aliphatic heterocycles. The fraction of sp³-hybridized carbons (Fsp3) is 0.500. The topological polar surface area (TPSA) is 49.8 Å². The van der Waals surface area contributed by atoms with E-state index in [-0.39, 0.29) is 23.8 Å². The van der Waals surface area contributed by atoms with Crippen LogP contribution in [0.2, 0.25) is 0 Å². The number of morpholine rings is 1. The Kier molecular flexibility index (Phi) is 4.67. The molecule has 1 aromatic carbocycles. The first-order chi connectivity index (χ1) is 9.02. The second kappa shape index (κ2) is 6.09. The summed E-state index contributed by atoms with van der Waals surface area (Å²) in [5, 5.41) is 9.72. The van der Waals surface area contributed by atoms with E-state index in [2.05, 4.69) is 6.92 Å². The Balaban J connectivity index is 2.23. The van der Waals surface area contributed by atoms with Crippen molar-refractivity contribution < 1.29 is 14.6 Å². The van der Waals surface area contributed by atoms with Gasteiger partial charge in [-0.25, -0.2) is 0 Å². The average molecular weight is 375 g/mol. The van der Waals surface area contributed by atoms with Gasteiger partial charge in [-0.3, -0.25) is 4.79 Å². The molecule has 2 unspecified atom stereocenters. The van der Waals surface area contributed by atoms with Gasteiger partial charge in [-0.1, -0.05) is 6.92 Å². The fourth-order valence-corrected chi connectivity index (χ4v) is 2.58. The molecule has 1 aliphatic rings. The van der Waals surface area contributed by atoms with E-state index in [1.807, 2.05) is 34.4 Å². The second-order valence-corrected chi connectivity index (χ2v) is 5.99. The van der Waals surface area contributed by atoms with E-state index in [4.69, 9.17) is 4.74 Å². The fourth-order valence-electron chi connectivity index (χ4n) is 2.24. The average Bonchev–Trinajstić information content (AvgIpc) is 2.41. The summed E-state index contributed by atoms with van der Waals surface area (Å²) in [6, 6.07) is 5.17. The molecular formula is C14H18INO3. The highest BCUT2D eigenvalue weighted by Gasteiger charge is 2.30. The van der Waals surface area contributed by atoms with Gasteiger partial charge in [0.2, 0.25) is 0 Å². The summed E-state index contributed by atoms with van der Waals surface area (Å²) in [4.78, 5) is 14.4. The number of phenols is 1. The van der Waals surface area contributed by atoms with Crippen LogP contribution in [0.25, 0.3) is 0 Å². The molecule has 19 heavy (non-hydrogen) atoms. The van der Waals surface area contributed by atoms with Crippen molar-refractivity contribution in [2.45, 2.75) is 32.4 Å². The molecule has 0 radical (unpaired) electrons. The third-order valence-corrected chi connectivity index (χ3v) is 4.31. The van der Waals surface area contributed by atoms with Crippen molar-refractivity contribution in [3.63, 3.8) is 0 Å². The van der Waals surface area contributed by atoms with Crippen LogP contribution in [0.3, 0.4) is 0 Å². The summed E-state index contributed by atoms with van der Waals surface area (Å²) >= 11 is 2.04. The largest absolute Gasteiger partial charge is 0.507 e. The zero-order chi connectivity index (χ0) is 14.0. The zero-order valence-electron chi connectivity index (χ0n) is 11.1. The molecule has 104 valence electrons. The molecule has 1 heterocycles. The molecule has 1 amide bonds. The number of rotatable bonds is 2. The number of amides is 1. The van der Waals surface area contributed by atoms with Crippen LogP contribution >= 0.6 is 22.6 Å². The van der Waals surface area contributed by atoms with E-state index in [9.17, 15) is 9.90 Å². The van der Waals surface area contributed by atoms with Gasteiger partial charge in [0.1, 0.15) is 5.75 Å². The quantitative estimate of drug-likeness (QED) is 0.809. The minimum atomic E-state index is -0.0336. The Morgan fingerprint density at radius 1 is 1.58 bits per heavy atom. The van der Waals surface area contributed by atoms with Crippen LogP contribution < -0.4 is 0 Å². The number of phenolic OH excluding ortho intramolecular Hbond substituents is 1. The zero-order valence-corrected chi connectivity index (χ0v) is 13.3. The van der Waals surface area contributed by atoms with Crippen molar-refractivity contribution in [2.75, 3.05) is 13.2 Å². The summed E-state index contributed by atoms with van der Waals surface area (Å²) in [6.07, 6.45) is 0.929. The van der Waals surface area contributed by atoms with Gasteiger partial charge < -0.3 is 14.7 Å². The van der Waals surface area contributed by atoms with Crippen molar-refractivity contribution in [1.82, 2.24) is 4.90 Å². The molecule has 1 saturated heterocycles. The maximum Gasteiger partial charge on any atom is 0.254 e. The van der Waals surface area contributed by atoms with Crippen LogP contribution in [0.1, 0.15) is 30.6 Å². The van der Waals surface area contributed by atoms with Gasteiger partial charge in [0.25, 0.3) is 5.91 Å². The van der Waals surface area contributed by atoms with Gasteiger partial charge in [0.15, 0.2) is 0 Å². The van der Waals surface area contributed by atoms with E-state index in [1.165, 1.54) is 6.07 Å². The molecule has 1 N–H and O–H groups in total. The lowest BCUT2D eigenvalue weighted by Gasteiger charge is -2.38. The third kappa shape index (κ3) is 3.20. The van der Waals surface area contributed by atoms with Crippen molar-refractivity contribution in [3.05, 3.63) is 27.3 Å². The van der Waals surface area contributed by atoms with Crippen molar-refractivity contribution in [3.8, 4) is 5.75 Å². The number of aromatic hydroxyl groups is 1. The minimum absolute atomic E-state index is 0.0336. The van der Waals surface area contributed by atoms with E-state index < -0.39 is 0 Å². The van der Waals surface area contributed by atoms with Crippen molar-refractivity contribution >= 4 is 28.5 Å². The van der Waals surface area contributed by atoms with E-state index >= 15 is 0 Å². The molecule has 0 aromatic heterocycles. The van der Waals surface area contributed by atoms with Crippen LogP contribution in [0.5, 0.6) is 5.75 Å². The smallest absolute Gasteiger partial charge is 0.254 e. The second-order valence-electron chi connectivity index (χ2n) is 4.83. The van der Waals surface area contributed by atoms with Crippen LogP contribution in [0.4, 0.5) is 0 Å². The predicted molar refractivity (Wildman–Crippen MR) is 81.4 cm³/mol. The van der Waals surface area contributed by atoms with Gasteiger partial charge in [-0.05, 0) is 54.1 Å². The van der Waals surface area contributed by atoms with E-state index in [1.54, 1.807) is 12.1 Å². The molecule has 1 fully saturated rings. The van der Waals surface area contributed by atoms with E-state index in [0.29, 0.717) is 18.7 Å². The SMILES string of the molecule is CCC1COC(C)CN1C(=O)c1ccc(I)c(O)c1. The van der Waals surface area contributed by atoms with Gasteiger partial charge in [-0.15, -0.1) is 0 Å². The van der Waals surface area contributed by atoms with Crippen LogP contribution in [-0.4, -0.2) is 41.2 Å². The highest BCUT2D eigenvalue weighted by molar-refractivity contribution is 14.1. The maximum atomic E-state index is 12.5. The standard InChI is InChI=1S/C14H18INO3/c1-3-11-8-19-9(2)7-16(11)14(18)10-4-5-12(15)13(17)6-10/h4-6,9,11,17H,3,7-8H2,1-2H3. The third-order valence-electron chi connectivity index (χ3n) is 3.39. The number of benzene rings is 1. The first kappa shape index (κ1) is 14.6. The normalized spacial score (nSPS) is 23.4. The van der Waals surface area contributed by atoms with Gasteiger partial charge in [0.05, 0.1) is 22.3 Å². The van der Waals surface area contributed by atoms with Gasteiger partial charge in [0, 0.05) is 12.1 Å². The molecule has 0 bridgehead atoms. The molecule has 4 nitrogen and oxygen atoms in total. The number of hydrogen-bond donors (Lipinski definition) is 1. The first-order valence-corrected chi connectivity index (χ1v) is 7.52. The summed E-state index contributed by atoms with van der Waals surface area (Å²) in [5.74, 6) is 0.120. The number of hydrogen-bond acceptors (Lipinski definition) is 3.